The van der Waals surface area contributed by atoms with Gasteiger partial charge in [-0.25, -0.2) is 0 Å². The van der Waals surface area contributed by atoms with E-state index in [0.717, 1.165) is 24.1 Å². The molecule has 6 nitrogen and oxygen atoms in total. The molecule has 3 rings (SSSR count). The first-order chi connectivity index (χ1) is 14.9. The number of amides is 2. The number of benzene rings is 2. The smallest absolute Gasteiger partial charge is 0.311 e. The van der Waals surface area contributed by atoms with Crippen molar-refractivity contribution in [1.29, 1.82) is 0 Å². The van der Waals surface area contributed by atoms with Gasteiger partial charge in [-0.2, -0.15) is 0 Å². The maximum atomic E-state index is 12.5. The minimum Gasteiger partial charge on any atom is -0.455 e. The summed E-state index contributed by atoms with van der Waals surface area (Å²) in [4.78, 5) is 38.7. The summed E-state index contributed by atoms with van der Waals surface area (Å²) in [7, 11) is 0. The van der Waals surface area contributed by atoms with Crippen LogP contribution in [-0.2, 0) is 25.5 Å². The molecule has 1 saturated heterocycles. The first-order valence-corrected chi connectivity index (χ1v) is 10.9. The highest BCUT2D eigenvalue weighted by Gasteiger charge is 2.37. The van der Waals surface area contributed by atoms with E-state index in [1.165, 1.54) is 5.56 Å². The standard InChI is InChI=1S/C25H30N2O4/c1-4-17(3)19-10-12-21(13-11-19)26-23(28)16-31-25(30)20-14-24(29)27(15-20)22-9-7-6-8-18(22)5-2/h6-13,17,20H,4-5,14-16H2,1-3H3,(H,26,28)/t17-,20-/m0/s1. The molecule has 0 unspecified atom stereocenters. The molecular weight excluding hydrogens is 392 g/mol. The van der Waals surface area contributed by atoms with Gasteiger partial charge in [-0.05, 0) is 48.1 Å². The van der Waals surface area contributed by atoms with E-state index in [4.69, 9.17) is 4.74 Å². The maximum absolute atomic E-state index is 12.5. The van der Waals surface area contributed by atoms with E-state index >= 15 is 0 Å². The number of hydrogen-bond acceptors (Lipinski definition) is 4. The van der Waals surface area contributed by atoms with Gasteiger partial charge in [0.05, 0.1) is 5.92 Å². The highest BCUT2D eigenvalue weighted by atomic mass is 16.5. The van der Waals surface area contributed by atoms with Crippen LogP contribution in [0.25, 0.3) is 0 Å². The Morgan fingerprint density at radius 2 is 1.84 bits per heavy atom. The predicted octanol–water partition coefficient (Wildman–Crippen LogP) is 4.30. The molecule has 2 aromatic carbocycles. The fourth-order valence-electron chi connectivity index (χ4n) is 3.75. The second-order valence-electron chi connectivity index (χ2n) is 7.97. The number of esters is 1. The van der Waals surface area contributed by atoms with Crippen molar-refractivity contribution in [2.24, 2.45) is 5.92 Å². The van der Waals surface area contributed by atoms with Crippen molar-refractivity contribution < 1.29 is 19.1 Å². The van der Waals surface area contributed by atoms with Crippen LogP contribution in [0.4, 0.5) is 11.4 Å². The zero-order chi connectivity index (χ0) is 22.4. The van der Waals surface area contributed by atoms with Crippen LogP contribution >= 0.6 is 0 Å². The van der Waals surface area contributed by atoms with Crippen LogP contribution < -0.4 is 10.2 Å². The topological polar surface area (TPSA) is 75.7 Å². The van der Waals surface area contributed by atoms with Gasteiger partial charge in [0.25, 0.3) is 5.91 Å². The van der Waals surface area contributed by atoms with Gasteiger partial charge in [-0.15, -0.1) is 0 Å². The zero-order valence-corrected chi connectivity index (χ0v) is 18.4. The van der Waals surface area contributed by atoms with Crippen molar-refractivity contribution in [3.8, 4) is 0 Å². The third-order valence-electron chi connectivity index (χ3n) is 5.84. The number of carbonyl (C=O) groups excluding carboxylic acids is 3. The fraction of sp³-hybridized carbons (Fsp3) is 0.400. The Morgan fingerprint density at radius 1 is 1.13 bits per heavy atom. The van der Waals surface area contributed by atoms with E-state index in [2.05, 4.69) is 19.2 Å². The Labute approximate surface area is 183 Å². The second-order valence-corrected chi connectivity index (χ2v) is 7.97. The van der Waals surface area contributed by atoms with Crippen LogP contribution in [-0.4, -0.2) is 30.9 Å². The second kappa shape index (κ2) is 10.2. The molecule has 0 radical (unpaired) electrons. The number of rotatable bonds is 8. The van der Waals surface area contributed by atoms with Gasteiger partial charge in [0, 0.05) is 24.3 Å². The summed E-state index contributed by atoms with van der Waals surface area (Å²) >= 11 is 0. The summed E-state index contributed by atoms with van der Waals surface area (Å²) in [5, 5.41) is 2.74. The van der Waals surface area contributed by atoms with Gasteiger partial charge >= 0.3 is 5.97 Å². The number of hydrogen-bond donors (Lipinski definition) is 1. The first-order valence-electron chi connectivity index (χ1n) is 10.9. The summed E-state index contributed by atoms with van der Waals surface area (Å²) in [5.74, 6) is -1.13. The van der Waals surface area contributed by atoms with E-state index in [9.17, 15) is 14.4 Å². The number of para-hydroxylation sites is 1. The van der Waals surface area contributed by atoms with Crippen LogP contribution in [0.15, 0.2) is 48.5 Å². The van der Waals surface area contributed by atoms with Crippen molar-refractivity contribution in [2.45, 2.75) is 46.0 Å². The van der Waals surface area contributed by atoms with Crippen molar-refractivity contribution in [3.05, 3.63) is 59.7 Å². The minimum atomic E-state index is -0.569. The van der Waals surface area contributed by atoms with Gasteiger partial charge in [0.2, 0.25) is 5.91 Å². The summed E-state index contributed by atoms with van der Waals surface area (Å²) in [5.41, 5.74) is 3.77. The molecule has 1 heterocycles. The molecule has 31 heavy (non-hydrogen) atoms. The molecule has 164 valence electrons. The Hall–Kier alpha value is -3.15. The Morgan fingerprint density at radius 3 is 2.52 bits per heavy atom. The van der Waals surface area contributed by atoms with E-state index in [1.807, 2.05) is 55.5 Å². The van der Waals surface area contributed by atoms with E-state index in [1.54, 1.807) is 4.90 Å². The van der Waals surface area contributed by atoms with Crippen LogP contribution in [0.5, 0.6) is 0 Å². The number of ether oxygens (including phenoxy) is 1. The molecule has 0 saturated carbocycles. The molecule has 2 amide bonds. The molecule has 1 aliphatic rings. The minimum absolute atomic E-state index is 0.0928. The quantitative estimate of drug-likeness (QED) is 0.644. The Balaban J connectivity index is 1.51. The molecule has 6 heteroatoms. The monoisotopic (exact) mass is 422 g/mol. The normalized spacial score (nSPS) is 16.8. The Kier molecular flexibility index (Phi) is 7.45. The van der Waals surface area contributed by atoms with Gasteiger partial charge in [-0.3, -0.25) is 14.4 Å². The van der Waals surface area contributed by atoms with Gasteiger partial charge in [-0.1, -0.05) is 51.1 Å². The molecule has 2 aromatic rings. The third kappa shape index (κ3) is 5.51. The summed E-state index contributed by atoms with van der Waals surface area (Å²) < 4.78 is 5.20. The lowest BCUT2D eigenvalue weighted by molar-refractivity contribution is -0.151. The van der Waals surface area contributed by atoms with Crippen molar-refractivity contribution >= 4 is 29.2 Å². The van der Waals surface area contributed by atoms with Crippen molar-refractivity contribution in [1.82, 2.24) is 0 Å². The lowest BCUT2D eigenvalue weighted by Gasteiger charge is -2.19. The number of aryl methyl sites for hydroxylation is 1. The highest BCUT2D eigenvalue weighted by molar-refractivity contribution is 6.00. The molecule has 1 N–H and O–H groups in total. The van der Waals surface area contributed by atoms with E-state index in [0.29, 0.717) is 11.6 Å². The van der Waals surface area contributed by atoms with Gasteiger partial charge in [0.15, 0.2) is 6.61 Å². The number of carbonyl (C=O) groups is 3. The Bertz CT molecular complexity index is 939. The summed E-state index contributed by atoms with van der Waals surface area (Å²) in [6, 6.07) is 15.4. The molecule has 0 bridgehead atoms. The third-order valence-corrected chi connectivity index (χ3v) is 5.84. The molecule has 0 spiro atoms. The van der Waals surface area contributed by atoms with Gasteiger partial charge < -0.3 is 15.0 Å². The molecule has 1 aliphatic heterocycles. The molecule has 0 aromatic heterocycles. The number of anilines is 2. The largest absolute Gasteiger partial charge is 0.455 e. The fourth-order valence-corrected chi connectivity index (χ4v) is 3.75. The van der Waals surface area contributed by atoms with Crippen LogP contribution in [0.1, 0.15) is 50.7 Å². The van der Waals surface area contributed by atoms with Crippen LogP contribution in [0.3, 0.4) is 0 Å². The summed E-state index contributed by atoms with van der Waals surface area (Å²) in [6.45, 7) is 6.22. The molecule has 1 fully saturated rings. The molecule has 2 atom stereocenters. The zero-order valence-electron chi connectivity index (χ0n) is 18.4. The van der Waals surface area contributed by atoms with Crippen molar-refractivity contribution in [3.63, 3.8) is 0 Å². The highest BCUT2D eigenvalue weighted by Crippen LogP contribution is 2.29. The molecule has 0 aliphatic carbocycles. The van der Waals surface area contributed by atoms with E-state index < -0.39 is 17.8 Å². The summed E-state index contributed by atoms with van der Waals surface area (Å²) in [6.07, 6.45) is 1.94. The number of nitrogens with zero attached hydrogens (tertiary/aromatic N) is 1. The van der Waals surface area contributed by atoms with E-state index in [-0.39, 0.29) is 25.5 Å². The average molecular weight is 423 g/mol. The lowest BCUT2D eigenvalue weighted by Crippen LogP contribution is -2.28. The predicted molar refractivity (Wildman–Crippen MR) is 121 cm³/mol. The lowest BCUT2D eigenvalue weighted by atomic mass is 9.99. The van der Waals surface area contributed by atoms with Crippen LogP contribution in [0.2, 0.25) is 0 Å². The SMILES string of the molecule is CCc1ccccc1N1C[C@@H](C(=O)OCC(=O)Nc2ccc([C@@H](C)CC)cc2)CC1=O. The van der Waals surface area contributed by atoms with Crippen LogP contribution in [0, 0.1) is 5.92 Å². The van der Waals surface area contributed by atoms with Gasteiger partial charge in [0.1, 0.15) is 0 Å². The maximum Gasteiger partial charge on any atom is 0.311 e. The molecular formula is C25H30N2O4. The average Bonchev–Trinajstić information content (AvgIpc) is 3.18. The first kappa shape index (κ1) is 22.5. The number of nitrogens with one attached hydrogen (secondary N) is 1. The van der Waals surface area contributed by atoms with Crippen molar-refractivity contribution in [2.75, 3.05) is 23.4 Å².